The molecule has 1 atom stereocenters. The minimum atomic E-state index is 0.328. The van der Waals surface area contributed by atoms with Gasteiger partial charge in [0.05, 0.1) is 33.5 Å². The summed E-state index contributed by atoms with van der Waals surface area (Å²) in [5.74, 6) is 1.04. The summed E-state index contributed by atoms with van der Waals surface area (Å²) in [6, 6.07) is 80.9. The topological polar surface area (TPSA) is 35.6 Å². The van der Waals surface area contributed by atoms with Crippen LogP contribution in [0.25, 0.3) is 111 Å². The second kappa shape index (κ2) is 16.5. The fraction of sp³-hybridized carbons (Fsp3) is 0.0312. The molecule has 13 rings (SSSR count). The molecule has 1 aliphatic carbocycles. The van der Waals surface area contributed by atoms with Gasteiger partial charge in [0, 0.05) is 55.5 Å². The average Bonchev–Trinajstić information content (AvgIpc) is 3.94. The minimum absolute atomic E-state index is 0.328. The molecule has 320 valence electrons. The average molecular weight is 869 g/mol. The molecule has 4 nitrogen and oxygen atoms in total. The first-order valence-electron chi connectivity index (χ1n) is 23.4. The highest BCUT2D eigenvalue weighted by Gasteiger charge is 2.19. The van der Waals surface area contributed by atoms with E-state index < -0.39 is 0 Å². The molecule has 0 amide bonds. The predicted octanol–water partition coefficient (Wildman–Crippen LogP) is 16.6. The van der Waals surface area contributed by atoms with Gasteiger partial charge >= 0.3 is 0 Å². The van der Waals surface area contributed by atoms with Crippen molar-refractivity contribution < 1.29 is 0 Å². The summed E-state index contributed by atoms with van der Waals surface area (Å²) in [7, 11) is 0. The lowest BCUT2D eigenvalue weighted by atomic mass is 9.89. The molecule has 9 aromatic carbocycles. The summed E-state index contributed by atoms with van der Waals surface area (Å²) in [5, 5.41) is 4.92. The molecule has 0 saturated heterocycles. The normalized spacial score (nSPS) is 13.6. The number of benzene rings is 9. The summed E-state index contributed by atoms with van der Waals surface area (Å²) in [5.41, 5.74) is 18.0. The van der Waals surface area contributed by atoms with Crippen LogP contribution >= 0.6 is 0 Å². The van der Waals surface area contributed by atoms with Crippen LogP contribution in [0.5, 0.6) is 0 Å². The molecular formula is C64H44N4. The standard InChI is InChI=1S/C64H44N4/c1-5-17-43(18-6-1)50-37-51(44-19-7-2-8-20-44)39-53(38-50)68-61-28-16-14-26-55(61)57-41-49(32-36-63(57)68)48-31-35-62-56(40-48)54-25-13-15-27-60(54)67(62)52-33-29-46(30-34-52)59-42-58(45-21-9-3-10-22-45)65-64(66-59)47-23-11-4-12-24-47/h1-19,21-42,44H,20H2. The Hall–Kier alpha value is -8.86. The van der Waals surface area contributed by atoms with Crippen molar-refractivity contribution in [1.82, 2.24) is 19.1 Å². The fourth-order valence-corrected chi connectivity index (χ4v) is 10.3. The maximum Gasteiger partial charge on any atom is 0.160 e. The van der Waals surface area contributed by atoms with E-state index in [1.807, 2.05) is 24.3 Å². The molecule has 0 fully saturated rings. The number of para-hydroxylation sites is 2. The molecule has 1 aliphatic rings. The van der Waals surface area contributed by atoms with Gasteiger partial charge in [-0.25, -0.2) is 9.97 Å². The Morgan fingerprint density at radius 3 is 1.43 bits per heavy atom. The molecule has 0 radical (unpaired) electrons. The highest BCUT2D eigenvalue weighted by atomic mass is 15.0. The van der Waals surface area contributed by atoms with Crippen LogP contribution in [0, 0.1) is 0 Å². The fourth-order valence-electron chi connectivity index (χ4n) is 10.3. The third-order valence-corrected chi connectivity index (χ3v) is 13.6. The number of hydrogen-bond donors (Lipinski definition) is 0. The molecule has 0 saturated carbocycles. The molecule has 68 heavy (non-hydrogen) atoms. The second-order valence-electron chi connectivity index (χ2n) is 17.7. The van der Waals surface area contributed by atoms with Crippen molar-refractivity contribution in [1.29, 1.82) is 0 Å². The van der Waals surface area contributed by atoms with E-state index in [9.17, 15) is 0 Å². The lowest BCUT2D eigenvalue weighted by Crippen LogP contribution is -2.01. The molecule has 0 bridgehead atoms. The van der Waals surface area contributed by atoms with Crippen molar-refractivity contribution in [2.24, 2.45) is 0 Å². The van der Waals surface area contributed by atoms with Crippen LogP contribution in [0.2, 0.25) is 0 Å². The lowest BCUT2D eigenvalue weighted by molar-refractivity contribution is 0.852. The van der Waals surface area contributed by atoms with Crippen molar-refractivity contribution >= 4 is 43.6 Å². The smallest absolute Gasteiger partial charge is 0.160 e. The molecule has 12 aromatic rings. The quantitative estimate of drug-likeness (QED) is 0.153. The van der Waals surface area contributed by atoms with Gasteiger partial charge in [0.1, 0.15) is 0 Å². The van der Waals surface area contributed by atoms with Gasteiger partial charge in [0.15, 0.2) is 5.82 Å². The van der Waals surface area contributed by atoms with E-state index >= 15 is 0 Å². The molecule has 1 unspecified atom stereocenters. The molecule has 0 aliphatic heterocycles. The molecule has 0 N–H and O–H groups in total. The Balaban J connectivity index is 0.898. The highest BCUT2D eigenvalue weighted by molar-refractivity contribution is 6.12. The largest absolute Gasteiger partial charge is 0.309 e. The highest BCUT2D eigenvalue weighted by Crippen LogP contribution is 2.40. The van der Waals surface area contributed by atoms with Crippen LogP contribution in [-0.2, 0) is 0 Å². The van der Waals surface area contributed by atoms with E-state index in [0.29, 0.717) is 11.7 Å². The third-order valence-electron chi connectivity index (χ3n) is 13.6. The summed E-state index contributed by atoms with van der Waals surface area (Å²) >= 11 is 0. The minimum Gasteiger partial charge on any atom is -0.309 e. The van der Waals surface area contributed by atoms with Crippen molar-refractivity contribution in [2.75, 3.05) is 0 Å². The van der Waals surface area contributed by atoms with Gasteiger partial charge < -0.3 is 9.13 Å². The Bertz CT molecular complexity index is 3860. The van der Waals surface area contributed by atoms with Crippen molar-refractivity contribution in [3.63, 3.8) is 0 Å². The van der Waals surface area contributed by atoms with Crippen LogP contribution in [0.1, 0.15) is 17.9 Å². The van der Waals surface area contributed by atoms with Gasteiger partial charge in [-0.1, -0.05) is 182 Å². The van der Waals surface area contributed by atoms with Crippen LogP contribution in [0.4, 0.5) is 0 Å². The van der Waals surface area contributed by atoms with E-state index in [1.54, 1.807) is 0 Å². The van der Waals surface area contributed by atoms with E-state index in [4.69, 9.17) is 9.97 Å². The summed E-state index contributed by atoms with van der Waals surface area (Å²) < 4.78 is 4.85. The van der Waals surface area contributed by atoms with Crippen molar-refractivity contribution in [3.8, 4) is 67.5 Å². The first kappa shape index (κ1) is 39.5. The van der Waals surface area contributed by atoms with E-state index in [1.165, 1.54) is 71.6 Å². The second-order valence-corrected chi connectivity index (χ2v) is 17.7. The van der Waals surface area contributed by atoms with E-state index in [0.717, 1.165) is 45.7 Å². The Morgan fingerprint density at radius 1 is 0.338 bits per heavy atom. The van der Waals surface area contributed by atoms with Gasteiger partial charge in [-0.2, -0.15) is 0 Å². The van der Waals surface area contributed by atoms with Crippen LogP contribution < -0.4 is 0 Å². The first-order valence-corrected chi connectivity index (χ1v) is 23.4. The molecule has 3 aromatic heterocycles. The zero-order valence-electron chi connectivity index (χ0n) is 37.2. The summed E-state index contributed by atoms with van der Waals surface area (Å²) in [6.07, 6.45) is 9.94. The van der Waals surface area contributed by atoms with Gasteiger partial charge in [0.25, 0.3) is 0 Å². The van der Waals surface area contributed by atoms with Gasteiger partial charge in [-0.05, 0) is 101 Å². The van der Waals surface area contributed by atoms with Crippen molar-refractivity contribution in [3.05, 3.63) is 254 Å². The zero-order chi connectivity index (χ0) is 45.0. The predicted molar refractivity (Wildman–Crippen MR) is 284 cm³/mol. The number of fused-ring (bicyclic) bond motifs is 6. The van der Waals surface area contributed by atoms with Gasteiger partial charge in [-0.15, -0.1) is 0 Å². The maximum absolute atomic E-state index is 5.09. The van der Waals surface area contributed by atoms with Crippen LogP contribution in [-0.4, -0.2) is 19.1 Å². The maximum atomic E-state index is 5.09. The Labute approximate surface area is 395 Å². The number of rotatable bonds is 8. The van der Waals surface area contributed by atoms with Crippen molar-refractivity contribution in [2.45, 2.75) is 12.3 Å². The number of aromatic nitrogens is 4. The summed E-state index contributed by atoms with van der Waals surface area (Å²) in [6.45, 7) is 0. The molecule has 4 heteroatoms. The lowest BCUT2D eigenvalue weighted by Gasteiger charge is -2.18. The van der Waals surface area contributed by atoms with E-state index in [2.05, 4.69) is 234 Å². The summed E-state index contributed by atoms with van der Waals surface area (Å²) in [4.78, 5) is 10.1. The zero-order valence-corrected chi connectivity index (χ0v) is 37.2. The van der Waals surface area contributed by atoms with Crippen LogP contribution in [0.3, 0.4) is 0 Å². The van der Waals surface area contributed by atoms with Crippen LogP contribution in [0.15, 0.2) is 249 Å². The monoisotopic (exact) mass is 868 g/mol. The van der Waals surface area contributed by atoms with E-state index in [-0.39, 0.29) is 0 Å². The Morgan fingerprint density at radius 2 is 0.838 bits per heavy atom. The Kier molecular flexibility index (Phi) is 9.61. The molecule has 0 spiro atoms. The number of nitrogens with zero attached hydrogens (tertiary/aromatic N) is 4. The van der Waals surface area contributed by atoms with Gasteiger partial charge in [-0.3, -0.25) is 0 Å². The SMILES string of the molecule is C1=CCC(c2cc(-c3ccccc3)cc(-n3c4ccccc4c4cc(-c5ccc6c(c5)c5ccccc5n6-c5ccc(-c6cc(-c7ccccc7)nc(-c7ccccc7)n6)cc5)ccc43)c2)C=C1. The third kappa shape index (κ3) is 6.94. The number of hydrogen-bond acceptors (Lipinski definition) is 2. The number of allylic oxidation sites excluding steroid dienone is 4. The molecule has 3 heterocycles. The first-order chi connectivity index (χ1) is 33.7. The van der Waals surface area contributed by atoms with Gasteiger partial charge in [0.2, 0.25) is 0 Å². The molecular weight excluding hydrogens is 825 g/mol.